The van der Waals surface area contributed by atoms with Crippen LogP contribution in [0.4, 0.5) is 40.9 Å². The second-order valence-electron chi connectivity index (χ2n) is 9.68. The number of hydrogen-bond acceptors (Lipinski definition) is 11. The molecule has 14 heteroatoms. The maximum absolute atomic E-state index is 9.85. The minimum atomic E-state index is -0.693. The summed E-state index contributed by atoms with van der Waals surface area (Å²) in [5.74, 6) is 0.868. The molecule has 0 fully saturated rings. The van der Waals surface area contributed by atoms with Crippen LogP contribution in [0.5, 0.6) is 0 Å². The Morgan fingerprint density at radius 3 is 1.85 bits per heavy atom. The van der Waals surface area contributed by atoms with E-state index in [9.17, 15) is 15.3 Å². The van der Waals surface area contributed by atoms with E-state index in [-0.39, 0.29) is 60.5 Å². The standard InChI is InChI=1S/C26H41N11O3/c1-7-8-9-10-11-12-13-37-24(28-6)23(27-5)34-26(37)36-35-20-21(29-14-17(2)38)32-25(31-16-19(4)40)33-22(20)30-15-18(3)39/h17-19,38-40H,7-16H2,1-4H3,(H3,29,30,31,32,33). The maximum Gasteiger partial charge on any atom is 0.416 e. The summed E-state index contributed by atoms with van der Waals surface area (Å²) in [6, 6.07) is 0. The van der Waals surface area contributed by atoms with Gasteiger partial charge in [0.2, 0.25) is 5.95 Å². The summed E-state index contributed by atoms with van der Waals surface area (Å²) in [5.41, 5.74) is 0.187. The summed E-state index contributed by atoms with van der Waals surface area (Å²) in [6.07, 6.45) is 4.34. The van der Waals surface area contributed by atoms with Gasteiger partial charge < -0.3 is 41.0 Å². The zero-order chi connectivity index (χ0) is 29.5. The molecule has 3 unspecified atom stereocenters. The molecular weight excluding hydrogens is 514 g/mol. The third-order valence-electron chi connectivity index (χ3n) is 5.66. The van der Waals surface area contributed by atoms with Crippen LogP contribution in [-0.2, 0) is 6.54 Å². The first kappa shape index (κ1) is 32.4. The summed E-state index contributed by atoms with van der Waals surface area (Å²) < 4.78 is 1.61. The fourth-order valence-corrected chi connectivity index (χ4v) is 3.64. The Morgan fingerprint density at radius 1 is 0.775 bits per heavy atom. The molecule has 2 rings (SSSR count). The van der Waals surface area contributed by atoms with E-state index in [1.165, 1.54) is 6.42 Å². The molecule has 0 saturated carbocycles. The maximum atomic E-state index is 9.85. The Bertz CT molecular complexity index is 1150. The lowest BCUT2D eigenvalue weighted by atomic mass is 10.1. The lowest BCUT2D eigenvalue weighted by Gasteiger charge is -2.16. The predicted molar refractivity (Wildman–Crippen MR) is 155 cm³/mol. The molecule has 2 aromatic heterocycles. The molecule has 0 aliphatic carbocycles. The van der Waals surface area contributed by atoms with Crippen LogP contribution in [0, 0.1) is 13.1 Å². The number of rotatable bonds is 18. The van der Waals surface area contributed by atoms with Crippen molar-refractivity contribution in [2.24, 2.45) is 10.2 Å². The summed E-state index contributed by atoms with van der Waals surface area (Å²) in [7, 11) is 0. The number of nitrogens with zero attached hydrogens (tertiary/aromatic N) is 8. The third-order valence-corrected chi connectivity index (χ3v) is 5.66. The number of hydrogen-bond donors (Lipinski definition) is 6. The number of aliphatic hydroxyl groups is 3. The smallest absolute Gasteiger partial charge is 0.392 e. The van der Waals surface area contributed by atoms with Crippen molar-refractivity contribution in [3.05, 3.63) is 22.8 Å². The first-order valence-electron chi connectivity index (χ1n) is 13.6. The van der Waals surface area contributed by atoms with E-state index in [0.717, 1.165) is 32.1 Å². The largest absolute Gasteiger partial charge is 0.416 e. The van der Waals surface area contributed by atoms with Crippen molar-refractivity contribution in [2.45, 2.75) is 91.1 Å². The number of anilines is 3. The van der Waals surface area contributed by atoms with Gasteiger partial charge in [0, 0.05) is 19.6 Å². The topological polar surface area (TPSA) is 174 Å². The number of unbranched alkanes of at least 4 members (excludes halogenated alkanes) is 5. The molecule has 6 N–H and O–H groups in total. The number of aromatic nitrogens is 4. The van der Waals surface area contributed by atoms with Crippen molar-refractivity contribution in [1.82, 2.24) is 19.5 Å². The Labute approximate surface area is 235 Å². The summed E-state index contributed by atoms with van der Waals surface area (Å²) in [6.45, 7) is 23.0. The van der Waals surface area contributed by atoms with Gasteiger partial charge in [0.15, 0.2) is 17.3 Å². The van der Waals surface area contributed by atoms with Gasteiger partial charge in [-0.05, 0) is 33.6 Å². The molecule has 218 valence electrons. The lowest BCUT2D eigenvalue weighted by molar-refractivity contribution is 0.208. The van der Waals surface area contributed by atoms with E-state index < -0.39 is 18.3 Å². The average molecular weight is 556 g/mol. The third kappa shape index (κ3) is 10.4. The van der Waals surface area contributed by atoms with Gasteiger partial charge in [-0.1, -0.05) is 55.8 Å². The first-order valence-corrected chi connectivity index (χ1v) is 13.6. The number of imidazole rings is 1. The van der Waals surface area contributed by atoms with E-state index in [1.807, 2.05) is 0 Å². The van der Waals surface area contributed by atoms with E-state index >= 15 is 0 Å². The molecule has 0 aliphatic rings. The quantitative estimate of drug-likeness (QED) is 0.0846. The molecule has 0 aromatic carbocycles. The van der Waals surface area contributed by atoms with Crippen LogP contribution >= 0.6 is 0 Å². The Hall–Kier alpha value is -3.85. The summed E-state index contributed by atoms with van der Waals surface area (Å²) in [4.78, 5) is 20.1. The van der Waals surface area contributed by atoms with Gasteiger partial charge in [-0.25, -0.2) is 4.57 Å². The van der Waals surface area contributed by atoms with Crippen molar-refractivity contribution in [1.29, 1.82) is 0 Å². The van der Waals surface area contributed by atoms with Crippen molar-refractivity contribution in [3.8, 4) is 0 Å². The fraction of sp³-hybridized carbons (Fsp3) is 0.654. The first-order chi connectivity index (χ1) is 19.2. The Kier molecular flexibility index (Phi) is 13.7. The van der Waals surface area contributed by atoms with Gasteiger partial charge in [0.1, 0.15) is 0 Å². The molecule has 2 aromatic rings. The molecule has 2 heterocycles. The lowest BCUT2D eigenvalue weighted by Crippen LogP contribution is -2.21. The minimum Gasteiger partial charge on any atom is -0.392 e. The second kappa shape index (κ2) is 17.0. The van der Waals surface area contributed by atoms with Crippen LogP contribution in [0.25, 0.3) is 9.69 Å². The molecule has 0 aliphatic heterocycles. The van der Waals surface area contributed by atoms with Crippen LogP contribution in [0.3, 0.4) is 0 Å². The highest BCUT2D eigenvalue weighted by molar-refractivity contribution is 5.75. The number of azo groups is 1. The summed E-state index contributed by atoms with van der Waals surface area (Å²) >= 11 is 0. The van der Waals surface area contributed by atoms with E-state index in [2.05, 4.69) is 57.7 Å². The molecule has 0 saturated heterocycles. The van der Waals surface area contributed by atoms with Crippen molar-refractivity contribution >= 4 is 40.9 Å². The molecule has 0 amide bonds. The molecule has 0 bridgehead atoms. The normalized spacial score (nSPS) is 13.4. The minimum absolute atomic E-state index is 0.0382. The van der Waals surface area contributed by atoms with Gasteiger partial charge in [-0.15, -0.1) is 5.11 Å². The molecule has 0 radical (unpaired) electrons. The predicted octanol–water partition coefficient (Wildman–Crippen LogP) is 4.93. The Balaban J connectivity index is 2.50. The van der Waals surface area contributed by atoms with Crippen molar-refractivity contribution in [3.63, 3.8) is 0 Å². The highest BCUT2D eigenvalue weighted by Crippen LogP contribution is 2.37. The van der Waals surface area contributed by atoms with Gasteiger partial charge in [0.05, 0.1) is 24.9 Å². The van der Waals surface area contributed by atoms with Gasteiger partial charge in [-0.2, -0.15) is 9.97 Å². The zero-order valence-electron chi connectivity index (χ0n) is 23.7. The van der Waals surface area contributed by atoms with Crippen LogP contribution < -0.4 is 16.0 Å². The van der Waals surface area contributed by atoms with Crippen molar-refractivity contribution in [2.75, 3.05) is 35.6 Å². The van der Waals surface area contributed by atoms with E-state index in [4.69, 9.17) is 13.1 Å². The Morgan fingerprint density at radius 2 is 1.32 bits per heavy atom. The molecular formula is C26H41N11O3. The monoisotopic (exact) mass is 555 g/mol. The highest BCUT2D eigenvalue weighted by atomic mass is 16.3. The summed E-state index contributed by atoms with van der Waals surface area (Å²) in [5, 5.41) is 47.1. The van der Waals surface area contributed by atoms with Gasteiger partial charge >= 0.3 is 5.95 Å². The zero-order valence-corrected chi connectivity index (χ0v) is 23.7. The van der Waals surface area contributed by atoms with Crippen LogP contribution in [-0.4, -0.2) is 72.8 Å². The second-order valence-corrected chi connectivity index (χ2v) is 9.68. The molecule has 0 spiro atoms. The number of aliphatic hydroxyl groups excluding tert-OH is 3. The fourth-order valence-electron chi connectivity index (χ4n) is 3.64. The van der Waals surface area contributed by atoms with E-state index in [0.29, 0.717) is 6.54 Å². The van der Waals surface area contributed by atoms with E-state index in [1.54, 1.807) is 25.3 Å². The SMILES string of the molecule is [C-]#[N+]c1nc(N=Nc2c(NCC(C)O)nc(NCC(C)O)nc2NCC(C)O)n(CCCCCCCC)c1[N+]#[C-]. The average Bonchev–Trinajstić information content (AvgIpc) is 3.26. The van der Waals surface area contributed by atoms with Crippen LogP contribution in [0.1, 0.15) is 66.2 Å². The molecule has 3 atom stereocenters. The number of nitrogens with one attached hydrogen (secondary N) is 3. The molecule has 14 nitrogen and oxygen atoms in total. The van der Waals surface area contributed by atoms with Crippen LogP contribution in [0.2, 0.25) is 0 Å². The van der Waals surface area contributed by atoms with Gasteiger partial charge in [-0.3, -0.25) is 0 Å². The van der Waals surface area contributed by atoms with Crippen LogP contribution in [0.15, 0.2) is 10.2 Å². The van der Waals surface area contributed by atoms with Gasteiger partial charge in [0.25, 0.3) is 11.6 Å². The highest BCUT2D eigenvalue weighted by Gasteiger charge is 2.23. The van der Waals surface area contributed by atoms with Crippen molar-refractivity contribution < 1.29 is 15.3 Å². The molecule has 40 heavy (non-hydrogen) atoms.